The van der Waals surface area contributed by atoms with Crippen molar-refractivity contribution in [3.05, 3.63) is 29.6 Å². The molecule has 1 N–H and O–H groups in total. The van der Waals surface area contributed by atoms with Crippen LogP contribution in [-0.4, -0.2) is 32.4 Å². The van der Waals surface area contributed by atoms with Gasteiger partial charge in [0.15, 0.2) is 0 Å². The van der Waals surface area contributed by atoms with Gasteiger partial charge in [0.2, 0.25) is 10.0 Å². The molecule has 0 unspecified atom stereocenters. The first-order chi connectivity index (χ1) is 8.95. The first-order valence-electron chi connectivity index (χ1n) is 6.43. The molecule has 1 saturated carbocycles. The molecule has 106 valence electrons. The highest BCUT2D eigenvalue weighted by atomic mass is 32.2. The lowest BCUT2D eigenvalue weighted by molar-refractivity contribution is 0.483. The second kappa shape index (κ2) is 5.56. The molecular weight excluding hydrogens is 267 g/mol. The van der Waals surface area contributed by atoms with E-state index in [9.17, 15) is 12.8 Å². The van der Waals surface area contributed by atoms with E-state index in [4.69, 9.17) is 0 Å². The van der Waals surface area contributed by atoms with Gasteiger partial charge < -0.3 is 5.32 Å². The Balaban J connectivity index is 2.32. The van der Waals surface area contributed by atoms with Crippen LogP contribution in [-0.2, 0) is 16.6 Å². The Hall–Kier alpha value is -0.980. The lowest BCUT2D eigenvalue weighted by atomic mass is 10.2. The van der Waals surface area contributed by atoms with Crippen molar-refractivity contribution in [1.82, 2.24) is 9.62 Å². The van der Waals surface area contributed by atoms with E-state index in [0.717, 1.165) is 18.9 Å². The van der Waals surface area contributed by atoms with E-state index in [0.29, 0.717) is 24.7 Å². The fraction of sp³-hybridized carbons (Fsp3) is 0.538. The van der Waals surface area contributed by atoms with Crippen LogP contribution in [0.25, 0.3) is 0 Å². The van der Waals surface area contributed by atoms with Crippen molar-refractivity contribution in [3.63, 3.8) is 0 Å². The number of hydrogen-bond acceptors (Lipinski definition) is 3. The highest BCUT2D eigenvalue weighted by Crippen LogP contribution is 2.23. The van der Waals surface area contributed by atoms with Crippen LogP contribution >= 0.6 is 0 Å². The Bertz CT molecular complexity index is 556. The Morgan fingerprint density at radius 3 is 2.68 bits per heavy atom. The molecular formula is C13H19FN2O2S. The number of nitrogens with zero attached hydrogens (tertiary/aromatic N) is 1. The number of rotatable bonds is 6. The average molecular weight is 286 g/mol. The van der Waals surface area contributed by atoms with E-state index < -0.39 is 15.8 Å². The van der Waals surface area contributed by atoms with Crippen molar-refractivity contribution in [1.29, 1.82) is 0 Å². The number of nitrogens with one attached hydrogen (secondary N) is 1. The minimum absolute atomic E-state index is 0.0602. The van der Waals surface area contributed by atoms with Crippen molar-refractivity contribution in [2.45, 2.75) is 37.2 Å². The number of benzene rings is 1. The highest BCUT2D eigenvalue weighted by Gasteiger charge is 2.25. The number of sulfonamides is 1. The van der Waals surface area contributed by atoms with E-state index in [1.165, 1.54) is 17.4 Å². The monoisotopic (exact) mass is 286 g/mol. The van der Waals surface area contributed by atoms with Gasteiger partial charge in [0.05, 0.1) is 4.90 Å². The Morgan fingerprint density at radius 2 is 2.11 bits per heavy atom. The number of halogens is 1. The van der Waals surface area contributed by atoms with Gasteiger partial charge in [0.25, 0.3) is 0 Å². The summed E-state index contributed by atoms with van der Waals surface area (Å²) in [6.07, 6.45) is 2.25. The zero-order valence-electron chi connectivity index (χ0n) is 11.2. The molecule has 1 aromatic rings. The van der Waals surface area contributed by atoms with Gasteiger partial charge in [-0.2, -0.15) is 0 Å². The van der Waals surface area contributed by atoms with Crippen LogP contribution < -0.4 is 5.32 Å². The molecule has 0 radical (unpaired) electrons. The molecule has 4 nitrogen and oxygen atoms in total. The quantitative estimate of drug-likeness (QED) is 0.866. The molecule has 1 aliphatic rings. The summed E-state index contributed by atoms with van der Waals surface area (Å²) in [6.45, 7) is 2.56. The lowest BCUT2D eigenvalue weighted by Gasteiger charge is -2.18. The summed E-state index contributed by atoms with van der Waals surface area (Å²) in [7, 11) is -2.12. The second-order valence-electron chi connectivity index (χ2n) is 4.83. The SMILES string of the molecule is CCN(C)S(=O)(=O)c1cc(F)ccc1CNC1CC1. The maximum absolute atomic E-state index is 13.4. The van der Waals surface area contributed by atoms with Gasteiger partial charge in [-0.15, -0.1) is 0 Å². The molecule has 1 fully saturated rings. The van der Waals surface area contributed by atoms with Gasteiger partial charge >= 0.3 is 0 Å². The Kier molecular flexibility index (Phi) is 4.23. The van der Waals surface area contributed by atoms with Gasteiger partial charge in [0.1, 0.15) is 5.82 Å². The first-order valence-corrected chi connectivity index (χ1v) is 7.87. The van der Waals surface area contributed by atoms with Gasteiger partial charge in [-0.25, -0.2) is 17.1 Å². The lowest BCUT2D eigenvalue weighted by Crippen LogP contribution is -2.28. The van der Waals surface area contributed by atoms with Crippen molar-refractivity contribution in [2.75, 3.05) is 13.6 Å². The molecule has 0 heterocycles. The smallest absolute Gasteiger partial charge is 0.243 e. The van der Waals surface area contributed by atoms with Crippen LogP contribution in [0.5, 0.6) is 0 Å². The molecule has 0 spiro atoms. The fourth-order valence-electron chi connectivity index (χ4n) is 1.79. The predicted molar refractivity (Wildman–Crippen MR) is 71.8 cm³/mol. The van der Waals surface area contributed by atoms with Gasteiger partial charge in [-0.05, 0) is 30.5 Å². The Morgan fingerprint density at radius 1 is 1.42 bits per heavy atom. The standard InChI is InChI=1S/C13H19FN2O2S/c1-3-16(2)19(17,18)13-8-11(14)5-4-10(13)9-15-12-6-7-12/h4-5,8,12,15H,3,6-7,9H2,1-2H3. The first kappa shape index (κ1) is 14.4. The van der Waals surface area contributed by atoms with Gasteiger partial charge in [-0.3, -0.25) is 0 Å². The molecule has 0 aromatic heterocycles. The van der Waals surface area contributed by atoms with Crippen molar-refractivity contribution < 1.29 is 12.8 Å². The highest BCUT2D eigenvalue weighted by molar-refractivity contribution is 7.89. The summed E-state index contributed by atoms with van der Waals surface area (Å²) in [5.74, 6) is -0.529. The molecule has 0 amide bonds. The summed E-state index contributed by atoms with van der Waals surface area (Å²) in [6, 6.07) is 4.42. The average Bonchev–Trinajstić information content (AvgIpc) is 3.20. The molecule has 0 atom stereocenters. The zero-order chi connectivity index (χ0) is 14.0. The third-order valence-corrected chi connectivity index (χ3v) is 5.34. The van der Waals surface area contributed by atoms with E-state index in [1.807, 2.05) is 0 Å². The van der Waals surface area contributed by atoms with E-state index in [1.54, 1.807) is 13.0 Å². The Labute approximate surface area is 113 Å². The molecule has 0 bridgehead atoms. The maximum Gasteiger partial charge on any atom is 0.243 e. The fourth-order valence-corrected chi connectivity index (χ4v) is 3.20. The summed E-state index contributed by atoms with van der Waals surface area (Å²) in [5, 5.41) is 3.26. The minimum Gasteiger partial charge on any atom is -0.310 e. The second-order valence-corrected chi connectivity index (χ2v) is 6.84. The maximum atomic E-state index is 13.4. The van der Waals surface area contributed by atoms with Crippen LogP contribution in [0.2, 0.25) is 0 Å². The summed E-state index contributed by atoms with van der Waals surface area (Å²) in [4.78, 5) is 0.0602. The molecule has 0 saturated heterocycles. The molecule has 1 aliphatic carbocycles. The molecule has 19 heavy (non-hydrogen) atoms. The zero-order valence-corrected chi connectivity index (χ0v) is 12.0. The van der Waals surface area contributed by atoms with Gasteiger partial charge in [0, 0.05) is 26.2 Å². The van der Waals surface area contributed by atoms with Crippen LogP contribution in [0, 0.1) is 5.82 Å². The van der Waals surface area contributed by atoms with E-state index in [2.05, 4.69) is 5.32 Å². The van der Waals surface area contributed by atoms with Crippen LogP contribution in [0.3, 0.4) is 0 Å². The van der Waals surface area contributed by atoms with Crippen molar-refractivity contribution in [3.8, 4) is 0 Å². The minimum atomic E-state index is -3.62. The van der Waals surface area contributed by atoms with Crippen LogP contribution in [0.1, 0.15) is 25.3 Å². The summed E-state index contributed by atoms with van der Waals surface area (Å²) in [5.41, 5.74) is 0.619. The third-order valence-electron chi connectivity index (χ3n) is 3.32. The molecule has 6 heteroatoms. The molecule has 1 aromatic carbocycles. The largest absolute Gasteiger partial charge is 0.310 e. The molecule has 2 rings (SSSR count). The van der Waals surface area contributed by atoms with Crippen molar-refractivity contribution in [2.24, 2.45) is 0 Å². The summed E-state index contributed by atoms with van der Waals surface area (Å²) >= 11 is 0. The molecule has 0 aliphatic heterocycles. The van der Waals surface area contributed by atoms with Gasteiger partial charge in [-0.1, -0.05) is 13.0 Å². The van der Waals surface area contributed by atoms with E-state index in [-0.39, 0.29) is 4.90 Å². The van der Waals surface area contributed by atoms with Crippen LogP contribution in [0.4, 0.5) is 4.39 Å². The van der Waals surface area contributed by atoms with Crippen molar-refractivity contribution >= 4 is 10.0 Å². The summed E-state index contributed by atoms with van der Waals surface area (Å²) < 4.78 is 39.2. The predicted octanol–water partition coefficient (Wildman–Crippen LogP) is 1.72. The topological polar surface area (TPSA) is 49.4 Å². The number of hydrogen-bond donors (Lipinski definition) is 1. The normalized spacial score (nSPS) is 16.0. The third kappa shape index (κ3) is 3.32. The van der Waals surface area contributed by atoms with Crippen LogP contribution in [0.15, 0.2) is 23.1 Å². The van der Waals surface area contributed by atoms with E-state index >= 15 is 0 Å².